The first-order valence-electron chi connectivity index (χ1n) is 5.58. The summed E-state index contributed by atoms with van der Waals surface area (Å²) in [7, 11) is 0. The molecule has 0 aliphatic heterocycles. The summed E-state index contributed by atoms with van der Waals surface area (Å²) in [4.78, 5) is 3.79. The first-order chi connectivity index (χ1) is 7.72. The molecule has 1 atom stereocenters. The maximum atomic E-state index is 12.8. The summed E-state index contributed by atoms with van der Waals surface area (Å²) in [6, 6.07) is 1.50. The van der Waals surface area contributed by atoms with Gasteiger partial charge in [-0.2, -0.15) is 0 Å². The molecule has 0 spiro atoms. The van der Waals surface area contributed by atoms with E-state index < -0.39 is 0 Å². The summed E-state index contributed by atoms with van der Waals surface area (Å²) in [5, 5.41) is 3.26. The zero-order valence-electron chi connectivity index (χ0n) is 9.55. The lowest BCUT2D eigenvalue weighted by atomic mass is 10.1. The largest absolute Gasteiger partial charge is 0.313 e. The molecule has 0 saturated carbocycles. The van der Waals surface area contributed by atoms with Crippen molar-refractivity contribution in [3.05, 3.63) is 29.8 Å². The van der Waals surface area contributed by atoms with Gasteiger partial charge in [-0.3, -0.25) is 4.98 Å². The molecule has 1 rings (SSSR count). The minimum Gasteiger partial charge on any atom is -0.313 e. The van der Waals surface area contributed by atoms with E-state index in [2.05, 4.69) is 17.2 Å². The van der Waals surface area contributed by atoms with Crippen molar-refractivity contribution >= 4 is 11.6 Å². The first kappa shape index (κ1) is 13.4. The number of pyridine rings is 1. The van der Waals surface area contributed by atoms with E-state index in [1.165, 1.54) is 12.3 Å². The Bertz CT molecular complexity index is 307. The molecule has 0 radical (unpaired) electrons. The molecule has 0 saturated heterocycles. The van der Waals surface area contributed by atoms with E-state index in [0.29, 0.717) is 18.3 Å². The maximum absolute atomic E-state index is 12.8. The third-order valence-corrected chi connectivity index (χ3v) is 2.93. The van der Waals surface area contributed by atoms with E-state index in [4.69, 9.17) is 11.6 Å². The number of hydrogen-bond acceptors (Lipinski definition) is 2. The van der Waals surface area contributed by atoms with Gasteiger partial charge in [-0.25, -0.2) is 4.39 Å². The van der Waals surface area contributed by atoms with Crippen LogP contribution in [-0.2, 0) is 6.54 Å². The fourth-order valence-corrected chi connectivity index (χ4v) is 1.59. The smallest absolute Gasteiger partial charge is 0.141 e. The van der Waals surface area contributed by atoms with Gasteiger partial charge in [0.2, 0.25) is 0 Å². The fourth-order valence-electron chi connectivity index (χ4n) is 1.44. The number of halogens is 2. The molecule has 1 aromatic heterocycles. The standard InChI is InChI=1S/C12H18ClFN2/c1-10(6-13)3-2-4-15-7-11-5-12(14)9-16-8-11/h5,8-10,15H,2-4,6-7H2,1H3. The van der Waals surface area contributed by atoms with Crippen molar-refractivity contribution in [2.24, 2.45) is 5.92 Å². The topological polar surface area (TPSA) is 24.9 Å². The van der Waals surface area contributed by atoms with Gasteiger partial charge in [-0.05, 0) is 36.9 Å². The number of nitrogens with one attached hydrogen (secondary N) is 1. The van der Waals surface area contributed by atoms with Gasteiger partial charge >= 0.3 is 0 Å². The molecular weight excluding hydrogens is 227 g/mol. The molecule has 16 heavy (non-hydrogen) atoms. The maximum Gasteiger partial charge on any atom is 0.141 e. The Balaban J connectivity index is 2.12. The van der Waals surface area contributed by atoms with E-state index in [1.54, 1.807) is 6.20 Å². The van der Waals surface area contributed by atoms with E-state index in [0.717, 1.165) is 24.9 Å². The Kier molecular flexibility index (Phi) is 6.34. The number of hydrogen-bond donors (Lipinski definition) is 1. The molecule has 1 heterocycles. The number of nitrogens with zero attached hydrogens (tertiary/aromatic N) is 1. The molecule has 4 heteroatoms. The Hall–Kier alpha value is -0.670. The first-order valence-corrected chi connectivity index (χ1v) is 6.12. The van der Waals surface area contributed by atoms with Gasteiger partial charge in [0.25, 0.3) is 0 Å². The lowest BCUT2D eigenvalue weighted by Crippen LogP contribution is -2.15. The summed E-state index contributed by atoms with van der Waals surface area (Å²) in [6.45, 7) is 3.74. The fraction of sp³-hybridized carbons (Fsp3) is 0.583. The molecule has 1 aromatic rings. The number of alkyl halides is 1. The lowest BCUT2D eigenvalue weighted by molar-refractivity contribution is 0.530. The lowest BCUT2D eigenvalue weighted by Gasteiger charge is -2.08. The van der Waals surface area contributed by atoms with Crippen molar-refractivity contribution in [2.45, 2.75) is 26.3 Å². The summed E-state index contributed by atoms with van der Waals surface area (Å²) < 4.78 is 12.8. The third-order valence-electron chi connectivity index (χ3n) is 2.40. The van der Waals surface area contributed by atoms with Gasteiger partial charge < -0.3 is 5.32 Å². The molecule has 2 nitrogen and oxygen atoms in total. The molecular formula is C12H18ClFN2. The van der Waals surface area contributed by atoms with Gasteiger partial charge in [0.15, 0.2) is 0 Å². The predicted molar refractivity (Wildman–Crippen MR) is 65.0 cm³/mol. The van der Waals surface area contributed by atoms with E-state index >= 15 is 0 Å². The predicted octanol–water partition coefficient (Wildman–Crippen LogP) is 2.97. The highest BCUT2D eigenvalue weighted by molar-refractivity contribution is 6.18. The molecule has 0 fully saturated rings. The second kappa shape index (κ2) is 7.58. The molecule has 90 valence electrons. The van der Waals surface area contributed by atoms with Gasteiger partial charge in [-0.15, -0.1) is 11.6 Å². The zero-order chi connectivity index (χ0) is 11.8. The average Bonchev–Trinajstić information content (AvgIpc) is 2.28. The van der Waals surface area contributed by atoms with Crippen molar-refractivity contribution in [1.29, 1.82) is 0 Å². The van der Waals surface area contributed by atoms with Crippen LogP contribution in [0.4, 0.5) is 4.39 Å². The highest BCUT2D eigenvalue weighted by atomic mass is 35.5. The third kappa shape index (κ3) is 5.42. The molecule has 0 amide bonds. The summed E-state index contributed by atoms with van der Waals surface area (Å²) >= 11 is 5.71. The second-order valence-corrected chi connectivity index (χ2v) is 4.40. The summed E-state index contributed by atoms with van der Waals surface area (Å²) in [6.07, 6.45) is 5.11. The van der Waals surface area contributed by atoms with Crippen LogP contribution in [0, 0.1) is 11.7 Å². The zero-order valence-corrected chi connectivity index (χ0v) is 10.3. The molecule has 1 unspecified atom stereocenters. The van der Waals surface area contributed by atoms with Crippen LogP contribution in [0.25, 0.3) is 0 Å². The van der Waals surface area contributed by atoms with Gasteiger partial charge in [0.1, 0.15) is 5.82 Å². The van der Waals surface area contributed by atoms with Crippen molar-refractivity contribution in [3.8, 4) is 0 Å². The van der Waals surface area contributed by atoms with E-state index in [9.17, 15) is 4.39 Å². The van der Waals surface area contributed by atoms with Crippen LogP contribution in [0.3, 0.4) is 0 Å². The van der Waals surface area contributed by atoms with Crippen molar-refractivity contribution in [1.82, 2.24) is 10.3 Å². The van der Waals surface area contributed by atoms with Gasteiger partial charge in [0, 0.05) is 18.6 Å². The SMILES string of the molecule is CC(CCl)CCCNCc1cncc(F)c1. The Morgan fingerprint density at radius 3 is 3.00 bits per heavy atom. The molecule has 0 aromatic carbocycles. The average molecular weight is 245 g/mol. The molecule has 0 aliphatic carbocycles. The van der Waals surface area contributed by atoms with Crippen molar-refractivity contribution in [2.75, 3.05) is 12.4 Å². The van der Waals surface area contributed by atoms with Crippen LogP contribution in [0.1, 0.15) is 25.3 Å². The molecule has 0 aliphatic rings. The van der Waals surface area contributed by atoms with Crippen molar-refractivity contribution < 1.29 is 4.39 Å². The van der Waals surface area contributed by atoms with Gasteiger partial charge in [0.05, 0.1) is 6.20 Å². The molecule has 0 bridgehead atoms. The van der Waals surface area contributed by atoms with Crippen LogP contribution in [0.2, 0.25) is 0 Å². The van der Waals surface area contributed by atoms with Crippen LogP contribution in [0.15, 0.2) is 18.5 Å². The summed E-state index contributed by atoms with van der Waals surface area (Å²) in [5.41, 5.74) is 0.880. The van der Waals surface area contributed by atoms with Crippen LogP contribution < -0.4 is 5.32 Å². The van der Waals surface area contributed by atoms with E-state index in [-0.39, 0.29) is 5.82 Å². The highest BCUT2D eigenvalue weighted by Crippen LogP contribution is 2.06. The van der Waals surface area contributed by atoms with Crippen LogP contribution in [0.5, 0.6) is 0 Å². The Morgan fingerprint density at radius 2 is 2.31 bits per heavy atom. The van der Waals surface area contributed by atoms with Crippen molar-refractivity contribution in [3.63, 3.8) is 0 Å². The minimum absolute atomic E-state index is 0.282. The molecule has 1 N–H and O–H groups in total. The quantitative estimate of drug-likeness (QED) is 0.589. The minimum atomic E-state index is -0.282. The van der Waals surface area contributed by atoms with E-state index in [1.807, 2.05) is 0 Å². The van der Waals surface area contributed by atoms with Crippen LogP contribution >= 0.6 is 11.6 Å². The van der Waals surface area contributed by atoms with Gasteiger partial charge in [-0.1, -0.05) is 6.92 Å². The second-order valence-electron chi connectivity index (χ2n) is 4.09. The normalized spacial score (nSPS) is 12.7. The number of aromatic nitrogens is 1. The monoisotopic (exact) mass is 244 g/mol. The Morgan fingerprint density at radius 1 is 1.50 bits per heavy atom. The van der Waals surface area contributed by atoms with Crippen LogP contribution in [-0.4, -0.2) is 17.4 Å². The Labute approximate surface area is 101 Å². The highest BCUT2D eigenvalue weighted by Gasteiger charge is 1.99. The number of rotatable bonds is 7. The summed E-state index contributed by atoms with van der Waals surface area (Å²) in [5.74, 6) is 1.00.